The maximum absolute atomic E-state index is 12.6. The number of imidazole rings is 1. The molecule has 7 heteroatoms. The van der Waals surface area contributed by atoms with Gasteiger partial charge >= 0.3 is 0 Å². The average Bonchev–Trinajstić information content (AvgIpc) is 3.07. The topological polar surface area (TPSA) is 89.9 Å². The van der Waals surface area contributed by atoms with E-state index in [1.54, 1.807) is 23.2 Å². The van der Waals surface area contributed by atoms with Gasteiger partial charge in [0.1, 0.15) is 11.5 Å². The lowest BCUT2D eigenvalue weighted by Gasteiger charge is -2.23. The summed E-state index contributed by atoms with van der Waals surface area (Å²) in [6.45, 7) is 0.723. The van der Waals surface area contributed by atoms with E-state index < -0.39 is 0 Å². The van der Waals surface area contributed by atoms with Crippen molar-refractivity contribution < 1.29 is 4.79 Å². The first-order valence-corrected chi connectivity index (χ1v) is 6.53. The molecule has 3 rings (SSSR count). The molecule has 1 saturated heterocycles. The molecule has 1 amide bonds. The van der Waals surface area contributed by atoms with Gasteiger partial charge in [0.15, 0.2) is 0 Å². The molecule has 0 aliphatic carbocycles. The summed E-state index contributed by atoms with van der Waals surface area (Å²) >= 11 is 0. The Labute approximate surface area is 116 Å². The summed E-state index contributed by atoms with van der Waals surface area (Å²) in [6, 6.07) is 3.51. The fourth-order valence-corrected chi connectivity index (χ4v) is 2.56. The molecule has 2 aromatic rings. The van der Waals surface area contributed by atoms with Crippen LogP contribution in [0.1, 0.15) is 35.1 Å². The Bertz CT molecular complexity index is 620. The summed E-state index contributed by atoms with van der Waals surface area (Å²) in [4.78, 5) is 18.4. The Kier molecular flexibility index (Phi) is 3.09. The van der Waals surface area contributed by atoms with E-state index in [-0.39, 0.29) is 11.9 Å². The molecule has 0 saturated carbocycles. The number of aromatic nitrogens is 4. The molecule has 7 nitrogen and oxygen atoms in total. The summed E-state index contributed by atoms with van der Waals surface area (Å²) in [7, 11) is 1.81. The number of amides is 1. The summed E-state index contributed by atoms with van der Waals surface area (Å²) in [5.74, 6) is 0.363. The minimum Gasteiger partial charge on any atom is -0.382 e. The van der Waals surface area contributed by atoms with E-state index in [2.05, 4.69) is 15.2 Å². The molecular weight excluding hydrogens is 256 g/mol. The molecule has 0 spiro atoms. The highest BCUT2D eigenvalue weighted by Gasteiger charge is 2.32. The number of likely N-dealkylation sites (tertiary alicyclic amines) is 1. The van der Waals surface area contributed by atoms with Crippen LogP contribution in [-0.4, -0.2) is 37.1 Å². The normalized spacial score (nSPS) is 18.4. The summed E-state index contributed by atoms with van der Waals surface area (Å²) in [6.07, 6.45) is 5.07. The van der Waals surface area contributed by atoms with Crippen LogP contribution in [0.5, 0.6) is 0 Å². The standard InChI is InChI=1S/C13H16N6O/c1-18-8-15-7-11(18)13(20)19-6-2-3-10(19)9-4-5-12(14)17-16-9/h4-5,7-8,10H,2-3,6H2,1H3,(H2,14,17). The lowest BCUT2D eigenvalue weighted by Crippen LogP contribution is -2.32. The number of anilines is 1. The van der Waals surface area contributed by atoms with Gasteiger partial charge in [-0.25, -0.2) is 4.98 Å². The number of nitrogen functional groups attached to an aromatic ring is 1. The molecule has 20 heavy (non-hydrogen) atoms. The highest BCUT2D eigenvalue weighted by Crippen LogP contribution is 2.31. The molecule has 1 aliphatic rings. The fourth-order valence-electron chi connectivity index (χ4n) is 2.56. The van der Waals surface area contributed by atoms with E-state index in [4.69, 9.17) is 5.73 Å². The van der Waals surface area contributed by atoms with Crippen molar-refractivity contribution in [2.75, 3.05) is 12.3 Å². The monoisotopic (exact) mass is 272 g/mol. The van der Waals surface area contributed by atoms with E-state index in [1.807, 2.05) is 18.0 Å². The molecule has 1 fully saturated rings. The predicted octanol–water partition coefficient (Wildman–Crippen LogP) is 0.770. The second kappa shape index (κ2) is 4.92. The van der Waals surface area contributed by atoms with Gasteiger partial charge in [0.2, 0.25) is 0 Å². The van der Waals surface area contributed by atoms with Gasteiger partial charge in [0.05, 0.1) is 24.3 Å². The van der Waals surface area contributed by atoms with Crippen molar-refractivity contribution >= 4 is 11.7 Å². The van der Waals surface area contributed by atoms with Gasteiger partial charge < -0.3 is 15.2 Å². The first-order chi connectivity index (χ1) is 9.66. The summed E-state index contributed by atoms with van der Waals surface area (Å²) in [5, 5.41) is 7.98. The largest absolute Gasteiger partial charge is 0.382 e. The number of rotatable bonds is 2. The van der Waals surface area contributed by atoms with Crippen molar-refractivity contribution in [3.63, 3.8) is 0 Å². The Morgan fingerprint density at radius 3 is 2.90 bits per heavy atom. The molecule has 0 bridgehead atoms. The van der Waals surface area contributed by atoms with Crippen LogP contribution in [-0.2, 0) is 7.05 Å². The van der Waals surface area contributed by atoms with Gasteiger partial charge in [-0.2, -0.15) is 5.10 Å². The van der Waals surface area contributed by atoms with E-state index in [0.717, 1.165) is 25.1 Å². The van der Waals surface area contributed by atoms with Crippen LogP contribution in [0.4, 0.5) is 5.82 Å². The number of carbonyl (C=O) groups excluding carboxylic acids is 1. The molecule has 2 N–H and O–H groups in total. The zero-order valence-corrected chi connectivity index (χ0v) is 11.2. The Morgan fingerprint density at radius 2 is 2.25 bits per heavy atom. The zero-order valence-electron chi connectivity index (χ0n) is 11.2. The third-order valence-corrected chi connectivity index (χ3v) is 3.60. The number of carbonyl (C=O) groups is 1. The van der Waals surface area contributed by atoms with Crippen molar-refractivity contribution in [1.82, 2.24) is 24.6 Å². The maximum Gasteiger partial charge on any atom is 0.272 e. The van der Waals surface area contributed by atoms with Crippen LogP contribution in [0, 0.1) is 0 Å². The number of nitrogens with two attached hydrogens (primary N) is 1. The molecule has 1 aliphatic heterocycles. The van der Waals surface area contributed by atoms with E-state index in [9.17, 15) is 4.79 Å². The van der Waals surface area contributed by atoms with Crippen LogP contribution in [0.15, 0.2) is 24.7 Å². The average molecular weight is 272 g/mol. The first-order valence-electron chi connectivity index (χ1n) is 6.53. The van der Waals surface area contributed by atoms with Crippen molar-refractivity contribution in [3.8, 4) is 0 Å². The van der Waals surface area contributed by atoms with Gasteiger partial charge in [0, 0.05) is 13.6 Å². The fraction of sp³-hybridized carbons (Fsp3) is 0.385. The molecule has 2 aromatic heterocycles. The second-order valence-corrected chi connectivity index (χ2v) is 4.93. The minimum atomic E-state index is -0.0366. The van der Waals surface area contributed by atoms with Gasteiger partial charge in [-0.15, -0.1) is 5.10 Å². The molecule has 3 heterocycles. The number of hydrogen-bond donors (Lipinski definition) is 1. The molecule has 0 radical (unpaired) electrons. The van der Waals surface area contributed by atoms with E-state index >= 15 is 0 Å². The maximum atomic E-state index is 12.6. The smallest absolute Gasteiger partial charge is 0.272 e. The third kappa shape index (κ3) is 2.11. The quantitative estimate of drug-likeness (QED) is 0.872. The predicted molar refractivity (Wildman–Crippen MR) is 72.7 cm³/mol. The second-order valence-electron chi connectivity index (χ2n) is 4.93. The van der Waals surface area contributed by atoms with Crippen LogP contribution in [0.25, 0.3) is 0 Å². The van der Waals surface area contributed by atoms with Gasteiger partial charge in [-0.3, -0.25) is 4.79 Å². The molecule has 0 aromatic carbocycles. The zero-order chi connectivity index (χ0) is 14.1. The van der Waals surface area contributed by atoms with Gasteiger partial charge in [-0.1, -0.05) is 0 Å². The molecule has 1 unspecified atom stereocenters. The Morgan fingerprint density at radius 1 is 1.40 bits per heavy atom. The third-order valence-electron chi connectivity index (χ3n) is 3.60. The first kappa shape index (κ1) is 12.6. The summed E-state index contributed by atoms with van der Waals surface area (Å²) in [5.41, 5.74) is 6.92. The number of aryl methyl sites for hydroxylation is 1. The van der Waals surface area contributed by atoms with E-state index in [1.165, 1.54) is 0 Å². The van der Waals surface area contributed by atoms with Crippen LogP contribution in [0.3, 0.4) is 0 Å². The highest BCUT2D eigenvalue weighted by atomic mass is 16.2. The molecular formula is C13H16N6O. The number of nitrogens with zero attached hydrogens (tertiary/aromatic N) is 5. The van der Waals surface area contributed by atoms with Crippen molar-refractivity contribution in [3.05, 3.63) is 36.0 Å². The summed E-state index contributed by atoms with van der Waals surface area (Å²) < 4.78 is 1.73. The molecule has 104 valence electrons. The Balaban J connectivity index is 1.87. The highest BCUT2D eigenvalue weighted by molar-refractivity contribution is 5.92. The van der Waals surface area contributed by atoms with Crippen molar-refractivity contribution in [2.45, 2.75) is 18.9 Å². The van der Waals surface area contributed by atoms with Gasteiger partial charge in [0.25, 0.3) is 5.91 Å². The molecule has 1 atom stereocenters. The van der Waals surface area contributed by atoms with Crippen molar-refractivity contribution in [2.24, 2.45) is 7.05 Å². The lowest BCUT2D eigenvalue weighted by atomic mass is 10.1. The van der Waals surface area contributed by atoms with Crippen molar-refractivity contribution in [1.29, 1.82) is 0 Å². The van der Waals surface area contributed by atoms with Crippen LogP contribution < -0.4 is 5.73 Å². The van der Waals surface area contributed by atoms with Crippen LogP contribution >= 0.6 is 0 Å². The SMILES string of the molecule is Cn1cncc1C(=O)N1CCCC1c1ccc(N)nn1. The van der Waals surface area contributed by atoms with Gasteiger partial charge in [-0.05, 0) is 25.0 Å². The number of hydrogen-bond acceptors (Lipinski definition) is 5. The van der Waals surface area contributed by atoms with E-state index in [0.29, 0.717) is 11.5 Å². The van der Waals surface area contributed by atoms with Crippen LogP contribution in [0.2, 0.25) is 0 Å². The minimum absolute atomic E-state index is 0.0221. The Hall–Kier alpha value is -2.44. The lowest BCUT2D eigenvalue weighted by molar-refractivity contribution is 0.0722.